The van der Waals surface area contributed by atoms with Crippen LogP contribution in [0.2, 0.25) is 0 Å². The molecule has 3 N–H and O–H groups in total. The SMILES string of the molecule is CC1CCCC(C)N1Cc1ccc(N/C(=C2\C(=O)Nc3ccc(NS(=O)(=O)c4cccc([N+](=O)[O-])c4)cc32)c2ccccc2)cc1. The van der Waals surface area contributed by atoms with Crippen molar-refractivity contribution in [3.05, 3.63) is 124 Å². The Kier molecular flexibility index (Phi) is 8.61. The van der Waals surface area contributed by atoms with Gasteiger partial charge in [0.1, 0.15) is 0 Å². The number of benzene rings is 4. The van der Waals surface area contributed by atoms with E-state index in [1.165, 1.54) is 49.1 Å². The van der Waals surface area contributed by atoms with E-state index in [1.807, 2.05) is 42.5 Å². The number of carbonyl (C=O) groups excluding carboxylic acids is 1. The zero-order chi connectivity index (χ0) is 32.4. The summed E-state index contributed by atoms with van der Waals surface area (Å²) < 4.78 is 28.8. The van der Waals surface area contributed by atoms with Gasteiger partial charge < -0.3 is 10.6 Å². The first kappa shape index (κ1) is 31.0. The van der Waals surface area contributed by atoms with Gasteiger partial charge in [-0.15, -0.1) is 0 Å². The summed E-state index contributed by atoms with van der Waals surface area (Å²) in [5.41, 5.74) is 4.65. The van der Waals surface area contributed by atoms with Crippen LogP contribution in [0.1, 0.15) is 49.8 Å². The Morgan fingerprint density at radius 2 is 1.61 bits per heavy atom. The van der Waals surface area contributed by atoms with Crippen molar-refractivity contribution in [2.24, 2.45) is 0 Å². The van der Waals surface area contributed by atoms with Gasteiger partial charge in [0.05, 0.1) is 21.1 Å². The maximum absolute atomic E-state index is 13.5. The van der Waals surface area contributed by atoms with Gasteiger partial charge in [0, 0.05) is 53.4 Å². The van der Waals surface area contributed by atoms with Gasteiger partial charge in [0.15, 0.2) is 0 Å². The molecule has 0 aliphatic carbocycles. The van der Waals surface area contributed by atoms with Crippen LogP contribution in [0.4, 0.5) is 22.7 Å². The first-order chi connectivity index (χ1) is 22.1. The van der Waals surface area contributed by atoms with Crippen LogP contribution in [0.15, 0.2) is 102 Å². The molecule has 0 aromatic heterocycles. The number of carbonyl (C=O) groups is 1. The number of fused-ring (bicyclic) bond motifs is 1. The summed E-state index contributed by atoms with van der Waals surface area (Å²) in [6.45, 7) is 5.46. The lowest BCUT2D eigenvalue weighted by molar-refractivity contribution is -0.385. The Balaban J connectivity index is 1.32. The second-order valence-electron chi connectivity index (χ2n) is 11.8. The minimum absolute atomic E-state index is 0.206. The number of rotatable bonds is 9. The molecule has 2 aliphatic rings. The summed E-state index contributed by atoms with van der Waals surface area (Å²) in [6.07, 6.45) is 3.68. The van der Waals surface area contributed by atoms with Gasteiger partial charge in [0.25, 0.3) is 21.6 Å². The number of non-ortho nitro benzene ring substituents is 1. The van der Waals surface area contributed by atoms with Gasteiger partial charge in [-0.2, -0.15) is 0 Å². The Labute approximate surface area is 268 Å². The van der Waals surface area contributed by atoms with E-state index in [0.717, 1.165) is 23.9 Å². The van der Waals surface area contributed by atoms with Crippen LogP contribution in [0.5, 0.6) is 0 Å². The zero-order valence-electron chi connectivity index (χ0n) is 25.6. The first-order valence-electron chi connectivity index (χ1n) is 15.2. The van der Waals surface area contributed by atoms with Gasteiger partial charge in [-0.05, 0) is 74.2 Å². The van der Waals surface area contributed by atoms with Crippen LogP contribution >= 0.6 is 0 Å². The molecule has 1 fully saturated rings. The Morgan fingerprint density at radius 1 is 0.913 bits per heavy atom. The van der Waals surface area contributed by atoms with Gasteiger partial charge in [0.2, 0.25) is 0 Å². The number of amides is 1. The molecule has 4 aromatic carbocycles. The largest absolute Gasteiger partial charge is 0.354 e. The van der Waals surface area contributed by atoms with E-state index in [1.54, 1.807) is 12.1 Å². The minimum Gasteiger partial charge on any atom is -0.354 e. The molecule has 0 radical (unpaired) electrons. The van der Waals surface area contributed by atoms with Gasteiger partial charge in [-0.3, -0.25) is 24.5 Å². The average Bonchev–Trinajstić information content (AvgIpc) is 3.37. The number of nitro groups is 1. The third-order valence-electron chi connectivity index (χ3n) is 8.63. The summed E-state index contributed by atoms with van der Waals surface area (Å²) in [5, 5.41) is 17.6. The molecule has 11 heteroatoms. The second kappa shape index (κ2) is 12.8. The molecule has 2 heterocycles. The molecule has 2 atom stereocenters. The van der Waals surface area contributed by atoms with E-state index < -0.39 is 14.9 Å². The van der Waals surface area contributed by atoms with E-state index in [4.69, 9.17) is 0 Å². The van der Waals surface area contributed by atoms with Crippen molar-refractivity contribution in [2.75, 3.05) is 15.4 Å². The van der Waals surface area contributed by atoms with Crippen molar-refractivity contribution in [1.29, 1.82) is 0 Å². The number of hydrogen-bond acceptors (Lipinski definition) is 7. The van der Waals surface area contributed by atoms with Crippen LogP contribution in [0.3, 0.4) is 0 Å². The Hall–Kier alpha value is -5.00. The summed E-state index contributed by atoms with van der Waals surface area (Å²) in [7, 11) is -4.16. The molecule has 46 heavy (non-hydrogen) atoms. The fraction of sp³-hybridized carbons (Fsp3) is 0.229. The van der Waals surface area contributed by atoms with E-state index in [9.17, 15) is 23.3 Å². The molecule has 10 nitrogen and oxygen atoms in total. The molecular formula is C35H35N5O5S. The molecule has 2 aliphatic heterocycles. The average molecular weight is 638 g/mol. The molecule has 2 unspecified atom stereocenters. The fourth-order valence-electron chi connectivity index (χ4n) is 6.18. The lowest BCUT2D eigenvalue weighted by atomic mass is 9.96. The summed E-state index contributed by atoms with van der Waals surface area (Å²) in [5.74, 6) is -0.329. The van der Waals surface area contributed by atoms with Crippen LogP contribution in [-0.4, -0.2) is 36.2 Å². The maximum atomic E-state index is 13.5. The highest BCUT2D eigenvalue weighted by Crippen LogP contribution is 2.39. The lowest BCUT2D eigenvalue weighted by Gasteiger charge is -2.39. The summed E-state index contributed by atoms with van der Waals surface area (Å²) >= 11 is 0. The highest BCUT2D eigenvalue weighted by Gasteiger charge is 2.30. The predicted molar refractivity (Wildman–Crippen MR) is 181 cm³/mol. The number of likely N-dealkylation sites (tertiary alicyclic amines) is 1. The molecule has 6 rings (SSSR count). The molecule has 1 saturated heterocycles. The molecule has 0 saturated carbocycles. The minimum atomic E-state index is -4.16. The number of nitrogens with one attached hydrogen (secondary N) is 3. The van der Waals surface area contributed by atoms with E-state index in [-0.39, 0.29) is 22.2 Å². The van der Waals surface area contributed by atoms with Crippen LogP contribution in [-0.2, 0) is 21.4 Å². The van der Waals surface area contributed by atoms with E-state index in [2.05, 4.69) is 46.2 Å². The van der Waals surface area contributed by atoms with Crippen LogP contribution < -0.4 is 15.4 Å². The third kappa shape index (κ3) is 6.51. The van der Waals surface area contributed by atoms with Crippen molar-refractivity contribution in [3.8, 4) is 0 Å². The number of nitro benzene ring substituents is 1. The van der Waals surface area contributed by atoms with Crippen LogP contribution in [0.25, 0.3) is 11.3 Å². The Morgan fingerprint density at radius 3 is 2.30 bits per heavy atom. The van der Waals surface area contributed by atoms with E-state index in [0.29, 0.717) is 34.6 Å². The topological polar surface area (TPSA) is 134 Å². The van der Waals surface area contributed by atoms with Gasteiger partial charge in [-0.25, -0.2) is 8.42 Å². The Bertz CT molecular complexity index is 1920. The summed E-state index contributed by atoms with van der Waals surface area (Å²) in [6, 6.07) is 28.4. The maximum Gasteiger partial charge on any atom is 0.270 e. The smallest absolute Gasteiger partial charge is 0.270 e. The predicted octanol–water partition coefficient (Wildman–Crippen LogP) is 7.09. The molecule has 0 spiro atoms. The third-order valence-corrected chi connectivity index (χ3v) is 10.0. The molecule has 1 amide bonds. The van der Waals surface area contributed by atoms with E-state index >= 15 is 0 Å². The standard InChI is InChI=1S/C35H35N5O5S/c1-23-8-6-9-24(2)39(23)22-25-14-16-27(17-15-25)36-34(26-10-4-3-5-11-26)33-31-20-28(18-19-32(31)37-35(33)41)38-46(44,45)30-13-7-12-29(21-30)40(42)43/h3-5,7,10-21,23-24,36,38H,6,8-9,22H2,1-2H3,(H,37,41)/b34-33-. The number of sulfonamides is 1. The molecule has 236 valence electrons. The van der Waals surface area contributed by atoms with Crippen molar-refractivity contribution in [3.63, 3.8) is 0 Å². The van der Waals surface area contributed by atoms with Crippen molar-refractivity contribution in [2.45, 2.75) is 56.6 Å². The number of hydrogen-bond donors (Lipinski definition) is 3. The summed E-state index contributed by atoms with van der Waals surface area (Å²) in [4.78, 5) is 26.3. The lowest BCUT2D eigenvalue weighted by Crippen LogP contribution is -2.42. The monoisotopic (exact) mass is 637 g/mol. The van der Waals surface area contributed by atoms with Crippen molar-refractivity contribution >= 4 is 50.0 Å². The number of anilines is 3. The van der Waals surface area contributed by atoms with Gasteiger partial charge in [-0.1, -0.05) is 55.0 Å². The van der Waals surface area contributed by atoms with Crippen molar-refractivity contribution < 1.29 is 18.1 Å². The highest BCUT2D eigenvalue weighted by molar-refractivity contribution is 7.92. The molecule has 0 bridgehead atoms. The normalized spacial score (nSPS) is 19.2. The fourth-order valence-corrected chi connectivity index (χ4v) is 7.26. The zero-order valence-corrected chi connectivity index (χ0v) is 26.4. The van der Waals surface area contributed by atoms with Crippen LogP contribution in [0, 0.1) is 10.1 Å². The highest BCUT2D eigenvalue weighted by atomic mass is 32.2. The first-order valence-corrected chi connectivity index (χ1v) is 16.7. The quantitative estimate of drug-likeness (QED) is 0.101. The number of piperidine rings is 1. The second-order valence-corrected chi connectivity index (χ2v) is 13.5. The van der Waals surface area contributed by atoms with Gasteiger partial charge >= 0.3 is 0 Å². The molecular weight excluding hydrogens is 602 g/mol. The molecule has 4 aromatic rings. The number of nitrogens with zero attached hydrogens (tertiary/aromatic N) is 2. The van der Waals surface area contributed by atoms with Crippen molar-refractivity contribution in [1.82, 2.24) is 4.90 Å².